The van der Waals surface area contributed by atoms with E-state index in [-0.39, 0.29) is 13.2 Å². The Bertz CT molecular complexity index is 170. The fourth-order valence-electron chi connectivity index (χ4n) is 0.777. The van der Waals surface area contributed by atoms with Crippen LogP contribution in [0.25, 0.3) is 0 Å². The van der Waals surface area contributed by atoms with Crippen LogP contribution in [-0.2, 0) is 19.1 Å². The first-order valence-corrected chi connectivity index (χ1v) is 3.18. The molecule has 62 valence electrons. The molecule has 1 unspecified atom stereocenters. The number of carboxylic acid groups (broad SMARTS) is 1. The van der Waals surface area contributed by atoms with E-state index >= 15 is 0 Å². The topological polar surface area (TPSA) is 72.8 Å². The molecule has 1 saturated heterocycles. The number of carbonyl (C=O) groups excluding carboxylic acids is 1. The lowest BCUT2D eigenvalue weighted by Gasteiger charge is -2.19. The van der Waals surface area contributed by atoms with Crippen molar-refractivity contribution in [1.82, 2.24) is 0 Å². The number of carboxylic acids is 1. The molecule has 0 aromatic rings. The average Bonchev–Trinajstić information content (AvgIpc) is 2.05. The van der Waals surface area contributed by atoms with Crippen molar-refractivity contribution >= 4 is 11.8 Å². The molecule has 0 radical (unpaired) electrons. The zero-order valence-corrected chi connectivity index (χ0v) is 5.78. The second kappa shape index (κ2) is 3.45. The molecule has 1 N–H and O–H groups in total. The van der Waals surface area contributed by atoms with Crippen LogP contribution in [0.2, 0.25) is 0 Å². The maximum atomic E-state index is 10.7. The summed E-state index contributed by atoms with van der Waals surface area (Å²) in [5.74, 6) is -2.41. The Balaban J connectivity index is 2.45. The van der Waals surface area contributed by atoms with E-state index in [1.807, 2.05) is 0 Å². The summed E-state index contributed by atoms with van der Waals surface area (Å²) >= 11 is 0. The van der Waals surface area contributed by atoms with Crippen molar-refractivity contribution in [2.24, 2.45) is 0 Å². The van der Waals surface area contributed by atoms with E-state index in [0.717, 1.165) is 0 Å². The molecule has 5 nitrogen and oxygen atoms in total. The van der Waals surface area contributed by atoms with Crippen LogP contribution in [0.15, 0.2) is 0 Å². The largest absolute Gasteiger partial charge is 0.475 e. The smallest absolute Gasteiger partial charge is 0.375 e. The van der Waals surface area contributed by atoms with E-state index in [4.69, 9.17) is 14.6 Å². The minimum Gasteiger partial charge on any atom is -0.475 e. The number of ketones is 1. The number of carbonyl (C=O) groups is 2. The Morgan fingerprint density at radius 3 is 2.55 bits per heavy atom. The van der Waals surface area contributed by atoms with Crippen LogP contribution in [0.4, 0.5) is 0 Å². The third-order valence-corrected chi connectivity index (χ3v) is 1.32. The molecule has 1 heterocycles. The minimum atomic E-state index is -1.47. The molecule has 0 aromatic heterocycles. The monoisotopic (exact) mass is 160 g/mol. The zero-order chi connectivity index (χ0) is 8.27. The molecule has 1 fully saturated rings. The van der Waals surface area contributed by atoms with Crippen molar-refractivity contribution in [2.45, 2.75) is 6.10 Å². The molecular weight excluding hydrogens is 152 g/mol. The van der Waals surface area contributed by atoms with Gasteiger partial charge in [0.2, 0.25) is 0 Å². The quantitative estimate of drug-likeness (QED) is 0.527. The van der Waals surface area contributed by atoms with Crippen LogP contribution in [0, 0.1) is 0 Å². The molecule has 1 atom stereocenters. The third kappa shape index (κ3) is 1.99. The van der Waals surface area contributed by atoms with Crippen molar-refractivity contribution in [3.63, 3.8) is 0 Å². The zero-order valence-electron chi connectivity index (χ0n) is 5.78. The van der Waals surface area contributed by atoms with E-state index in [0.29, 0.717) is 6.61 Å². The van der Waals surface area contributed by atoms with Gasteiger partial charge in [0.15, 0.2) is 6.10 Å². The van der Waals surface area contributed by atoms with Crippen molar-refractivity contribution < 1.29 is 24.2 Å². The summed E-state index contributed by atoms with van der Waals surface area (Å²) in [6, 6.07) is 0. The van der Waals surface area contributed by atoms with E-state index in [9.17, 15) is 9.59 Å². The fourth-order valence-corrected chi connectivity index (χ4v) is 0.777. The first-order chi connectivity index (χ1) is 5.22. The lowest BCUT2D eigenvalue weighted by atomic mass is 10.2. The predicted octanol–water partition coefficient (Wildman–Crippen LogP) is -0.944. The highest BCUT2D eigenvalue weighted by atomic mass is 16.6. The van der Waals surface area contributed by atoms with Crippen LogP contribution < -0.4 is 0 Å². The Hall–Kier alpha value is -0.940. The molecule has 0 amide bonds. The third-order valence-electron chi connectivity index (χ3n) is 1.32. The van der Waals surface area contributed by atoms with E-state index in [1.165, 1.54) is 0 Å². The molecular formula is C6H8O5. The minimum absolute atomic E-state index is 0.0468. The number of rotatable bonds is 2. The van der Waals surface area contributed by atoms with Gasteiger partial charge in [-0.25, -0.2) is 4.79 Å². The average molecular weight is 160 g/mol. The molecule has 0 aromatic carbocycles. The lowest BCUT2D eigenvalue weighted by Crippen LogP contribution is -2.39. The lowest BCUT2D eigenvalue weighted by molar-refractivity contribution is -0.162. The van der Waals surface area contributed by atoms with Gasteiger partial charge < -0.3 is 14.6 Å². The van der Waals surface area contributed by atoms with E-state index in [1.54, 1.807) is 0 Å². The summed E-state index contributed by atoms with van der Waals surface area (Å²) in [5, 5.41) is 8.25. The second-order valence-electron chi connectivity index (χ2n) is 2.10. The van der Waals surface area contributed by atoms with Gasteiger partial charge in [0.1, 0.15) is 0 Å². The Kier molecular flexibility index (Phi) is 2.56. The summed E-state index contributed by atoms with van der Waals surface area (Å²) in [7, 11) is 0. The van der Waals surface area contributed by atoms with Crippen LogP contribution >= 0.6 is 0 Å². The normalized spacial score (nSPS) is 24.5. The van der Waals surface area contributed by atoms with Crippen molar-refractivity contribution in [3.8, 4) is 0 Å². The highest BCUT2D eigenvalue weighted by Gasteiger charge is 2.27. The summed E-state index contributed by atoms with van der Waals surface area (Å²) in [6.07, 6.45) is -0.916. The van der Waals surface area contributed by atoms with Gasteiger partial charge in [0.05, 0.1) is 19.8 Å². The molecule has 5 heteroatoms. The number of hydrogen-bond donors (Lipinski definition) is 1. The first-order valence-electron chi connectivity index (χ1n) is 3.18. The number of ether oxygens (including phenoxy) is 2. The molecule has 0 aliphatic carbocycles. The van der Waals surface area contributed by atoms with Crippen LogP contribution in [-0.4, -0.2) is 42.8 Å². The molecule has 0 spiro atoms. The molecule has 11 heavy (non-hydrogen) atoms. The van der Waals surface area contributed by atoms with Crippen molar-refractivity contribution in [3.05, 3.63) is 0 Å². The SMILES string of the molecule is O=C(O)C(=O)C1COCCO1. The number of Topliss-reactive ketones (excluding diaryl/α,β-unsaturated/α-hetero) is 1. The van der Waals surface area contributed by atoms with Gasteiger partial charge in [-0.15, -0.1) is 0 Å². The molecule has 0 saturated carbocycles. The van der Waals surface area contributed by atoms with Crippen LogP contribution in [0.3, 0.4) is 0 Å². The first kappa shape index (κ1) is 8.16. The summed E-state index contributed by atoms with van der Waals surface area (Å²) in [4.78, 5) is 20.8. The van der Waals surface area contributed by atoms with Gasteiger partial charge in [-0.05, 0) is 0 Å². The van der Waals surface area contributed by atoms with Crippen molar-refractivity contribution in [2.75, 3.05) is 19.8 Å². The highest BCUT2D eigenvalue weighted by molar-refractivity contribution is 6.34. The highest BCUT2D eigenvalue weighted by Crippen LogP contribution is 2.01. The Morgan fingerprint density at radius 2 is 2.09 bits per heavy atom. The molecule has 1 aliphatic rings. The van der Waals surface area contributed by atoms with Gasteiger partial charge in [-0.3, -0.25) is 4.79 Å². The summed E-state index contributed by atoms with van der Waals surface area (Å²) < 4.78 is 9.69. The maximum Gasteiger partial charge on any atom is 0.375 e. The van der Waals surface area contributed by atoms with E-state index < -0.39 is 17.9 Å². The Labute approximate surface area is 62.9 Å². The maximum absolute atomic E-state index is 10.7. The summed E-state index contributed by atoms with van der Waals surface area (Å²) in [5.41, 5.74) is 0. The number of hydrogen-bond acceptors (Lipinski definition) is 4. The van der Waals surface area contributed by atoms with E-state index in [2.05, 4.69) is 0 Å². The van der Waals surface area contributed by atoms with Crippen LogP contribution in [0.5, 0.6) is 0 Å². The van der Waals surface area contributed by atoms with Gasteiger partial charge >= 0.3 is 5.97 Å². The number of aliphatic carboxylic acids is 1. The fraction of sp³-hybridized carbons (Fsp3) is 0.667. The second-order valence-corrected chi connectivity index (χ2v) is 2.10. The molecule has 1 aliphatic heterocycles. The van der Waals surface area contributed by atoms with Gasteiger partial charge in [-0.1, -0.05) is 0 Å². The standard InChI is InChI=1S/C6H8O5/c7-5(6(8)9)4-3-10-1-2-11-4/h4H,1-3H2,(H,8,9). The van der Waals surface area contributed by atoms with Gasteiger partial charge in [0.25, 0.3) is 5.78 Å². The summed E-state index contributed by atoms with van der Waals surface area (Å²) in [6.45, 7) is 0.748. The predicted molar refractivity (Wildman–Crippen MR) is 33.2 cm³/mol. The van der Waals surface area contributed by atoms with Gasteiger partial charge in [-0.2, -0.15) is 0 Å². The van der Waals surface area contributed by atoms with Crippen molar-refractivity contribution in [1.29, 1.82) is 0 Å². The molecule has 1 rings (SSSR count). The Morgan fingerprint density at radius 1 is 1.36 bits per heavy atom. The molecule has 0 bridgehead atoms. The van der Waals surface area contributed by atoms with Gasteiger partial charge in [0, 0.05) is 0 Å². The van der Waals surface area contributed by atoms with Crippen LogP contribution in [0.1, 0.15) is 0 Å².